The second kappa shape index (κ2) is 6.99. The molecule has 0 unspecified atom stereocenters. The highest BCUT2D eigenvalue weighted by molar-refractivity contribution is 7.11. The molecule has 3 heteroatoms. The van der Waals surface area contributed by atoms with Gasteiger partial charge < -0.3 is 10.2 Å². The third-order valence-electron chi connectivity index (χ3n) is 2.39. The van der Waals surface area contributed by atoms with Crippen molar-refractivity contribution in [3.05, 3.63) is 21.9 Å². The molecule has 1 rings (SSSR count). The Kier molecular flexibility index (Phi) is 5.91. The van der Waals surface area contributed by atoms with Crippen molar-refractivity contribution in [2.75, 3.05) is 20.6 Å². The molecule has 1 aromatic rings. The number of thiophene rings is 1. The monoisotopic (exact) mass is 226 g/mol. The maximum absolute atomic E-state index is 3.18. The molecule has 0 aromatic carbocycles. The fourth-order valence-electron chi connectivity index (χ4n) is 1.55. The highest BCUT2D eigenvalue weighted by Crippen LogP contribution is 2.17. The topological polar surface area (TPSA) is 15.3 Å². The van der Waals surface area contributed by atoms with Gasteiger partial charge in [-0.1, -0.05) is 13.3 Å². The second-order valence-corrected chi connectivity index (χ2v) is 5.24. The van der Waals surface area contributed by atoms with Crippen LogP contribution in [-0.4, -0.2) is 25.5 Å². The predicted molar refractivity (Wildman–Crippen MR) is 68.3 cm³/mol. The van der Waals surface area contributed by atoms with E-state index >= 15 is 0 Å². The van der Waals surface area contributed by atoms with E-state index in [1.54, 1.807) is 0 Å². The van der Waals surface area contributed by atoms with Crippen molar-refractivity contribution in [2.24, 2.45) is 0 Å². The van der Waals surface area contributed by atoms with Gasteiger partial charge in [0.15, 0.2) is 0 Å². The molecule has 2 nitrogen and oxygen atoms in total. The SMILES string of the molecule is CCCCN(C)Cc1ccc(CNC)s1. The van der Waals surface area contributed by atoms with E-state index in [0.29, 0.717) is 0 Å². The summed E-state index contributed by atoms with van der Waals surface area (Å²) in [4.78, 5) is 5.30. The molecule has 1 heterocycles. The standard InChI is InChI=1S/C12H22N2S/c1-4-5-8-14(3)10-12-7-6-11(15-12)9-13-2/h6-7,13H,4-5,8-10H2,1-3H3. The largest absolute Gasteiger partial charge is 0.315 e. The fraction of sp³-hybridized carbons (Fsp3) is 0.667. The smallest absolute Gasteiger partial charge is 0.0324 e. The van der Waals surface area contributed by atoms with Gasteiger partial charge in [0.1, 0.15) is 0 Å². The molecule has 1 aromatic heterocycles. The number of unbranched alkanes of at least 4 members (excludes halogenated alkanes) is 1. The summed E-state index contributed by atoms with van der Waals surface area (Å²) in [6.45, 7) is 5.53. The van der Waals surface area contributed by atoms with Crippen molar-refractivity contribution in [1.82, 2.24) is 10.2 Å². The van der Waals surface area contributed by atoms with E-state index in [0.717, 1.165) is 13.1 Å². The first-order valence-corrected chi connectivity index (χ1v) is 6.48. The fourth-order valence-corrected chi connectivity index (χ4v) is 2.66. The molecule has 1 N–H and O–H groups in total. The van der Waals surface area contributed by atoms with Gasteiger partial charge in [0.2, 0.25) is 0 Å². The van der Waals surface area contributed by atoms with Crippen LogP contribution in [0.25, 0.3) is 0 Å². The Labute approximate surface area is 97.3 Å². The highest BCUT2D eigenvalue weighted by Gasteiger charge is 2.02. The zero-order valence-electron chi connectivity index (χ0n) is 10.0. The van der Waals surface area contributed by atoms with Gasteiger partial charge >= 0.3 is 0 Å². The van der Waals surface area contributed by atoms with E-state index in [2.05, 4.69) is 36.3 Å². The summed E-state index contributed by atoms with van der Waals surface area (Å²) in [7, 11) is 4.19. The average molecular weight is 226 g/mol. The number of nitrogens with zero attached hydrogens (tertiary/aromatic N) is 1. The number of hydrogen-bond acceptors (Lipinski definition) is 3. The molecular weight excluding hydrogens is 204 g/mol. The van der Waals surface area contributed by atoms with Crippen LogP contribution in [0.4, 0.5) is 0 Å². The molecule has 86 valence electrons. The van der Waals surface area contributed by atoms with Gasteiger partial charge in [0, 0.05) is 22.8 Å². The zero-order chi connectivity index (χ0) is 11.1. The number of hydrogen-bond donors (Lipinski definition) is 1. The van der Waals surface area contributed by atoms with Gasteiger partial charge in [-0.15, -0.1) is 11.3 Å². The van der Waals surface area contributed by atoms with Crippen molar-refractivity contribution in [3.8, 4) is 0 Å². The lowest BCUT2D eigenvalue weighted by molar-refractivity contribution is 0.323. The molecule has 0 bridgehead atoms. The van der Waals surface area contributed by atoms with E-state index in [4.69, 9.17) is 0 Å². The van der Waals surface area contributed by atoms with Crippen molar-refractivity contribution in [3.63, 3.8) is 0 Å². The summed E-state index contributed by atoms with van der Waals surface area (Å²) >= 11 is 1.92. The van der Waals surface area contributed by atoms with Gasteiger partial charge in [-0.05, 0) is 39.2 Å². The summed E-state index contributed by atoms with van der Waals surface area (Å²) < 4.78 is 0. The summed E-state index contributed by atoms with van der Waals surface area (Å²) in [6.07, 6.45) is 2.57. The minimum atomic E-state index is 0.989. The molecule has 0 aliphatic heterocycles. The van der Waals surface area contributed by atoms with E-state index in [9.17, 15) is 0 Å². The third-order valence-corrected chi connectivity index (χ3v) is 3.46. The Hall–Kier alpha value is -0.380. The summed E-state index contributed by atoms with van der Waals surface area (Å²) in [6, 6.07) is 4.48. The van der Waals surface area contributed by atoms with Crippen LogP contribution in [0.3, 0.4) is 0 Å². The quantitative estimate of drug-likeness (QED) is 0.769. The van der Waals surface area contributed by atoms with Gasteiger partial charge in [-0.25, -0.2) is 0 Å². The molecule has 0 aliphatic carbocycles. The Morgan fingerprint density at radius 3 is 2.73 bits per heavy atom. The van der Waals surface area contributed by atoms with E-state index in [1.807, 2.05) is 18.4 Å². The van der Waals surface area contributed by atoms with Gasteiger partial charge in [-0.3, -0.25) is 0 Å². The average Bonchev–Trinajstić information content (AvgIpc) is 2.63. The molecule has 15 heavy (non-hydrogen) atoms. The zero-order valence-corrected chi connectivity index (χ0v) is 10.9. The maximum Gasteiger partial charge on any atom is 0.0324 e. The second-order valence-electron chi connectivity index (χ2n) is 3.99. The molecule has 0 aliphatic rings. The molecule has 0 amide bonds. The summed E-state index contributed by atoms with van der Waals surface area (Å²) in [5, 5.41) is 3.18. The molecule has 0 radical (unpaired) electrons. The minimum absolute atomic E-state index is 0.989. The minimum Gasteiger partial charge on any atom is -0.315 e. The van der Waals surface area contributed by atoms with Crippen LogP contribution in [0, 0.1) is 0 Å². The molecule has 0 atom stereocenters. The van der Waals surface area contributed by atoms with Crippen molar-refractivity contribution in [2.45, 2.75) is 32.9 Å². The first kappa shape index (κ1) is 12.7. The van der Waals surface area contributed by atoms with Gasteiger partial charge in [0.05, 0.1) is 0 Å². The first-order valence-electron chi connectivity index (χ1n) is 5.67. The van der Waals surface area contributed by atoms with Crippen LogP contribution < -0.4 is 5.32 Å². The van der Waals surface area contributed by atoms with Crippen LogP contribution in [-0.2, 0) is 13.1 Å². The van der Waals surface area contributed by atoms with E-state index < -0.39 is 0 Å². The van der Waals surface area contributed by atoms with Crippen LogP contribution >= 0.6 is 11.3 Å². The lowest BCUT2D eigenvalue weighted by Crippen LogP contribution is -2.18. The first-order chi connectivity index (χ1) is 7.26. The lowest BCUT2D eigenvalue weighted by Gasteiger charge is -2.14. The van der Waals surface area contributed by atoms with E-state index in [1.165, 1.54) is 29.1 Å². The Bertz CT molecular complexity index is 270. The van der Waals surface area contributed by atoms with Crippen LogP contribution in [0.1, 0.15) is 29.5 Å². The lowest BCUT2D eigenvalue weighted by atomic mass is 10.3. The Morgan fingerprint density at radius 2 is 2.07 bits per heavy atom. The molecule has 0 saturated carbocycles. The third kappa shape index (κ3) is 4.78. The normalized spacial score (nSPS) is 11.2. The molecular formula is C12H22N2S. The number of rotatable bonds is 7. The predicted octanol–water partition coefficient (Wildman–Crippen LogP) is 2.70. The van der Waals surface area contributed by atoms with Gasteiger partial charge in [0.25, 0.3) is 0 Å². The molecule has 0 saturated heterocycles. The Balaban J connectivity index is 2.35. The van der Waals surface area contributed by atoms with Crippen LogP contribution in [0.2, 0.25) is 0 Å². The summed E-state index contributed by atoms with van der Waals surface area (Å²) in [5.74, 6) is 0. The van der Waals surface area contributed by atoms with Crippen molar-refractivity contribution in [1.29, 1.82) is 0 Å². The van der Waals surface area contributed by atoms with E-state index in [-0.39, 0.29) is 0 Å². The van der Waals surface area contributed by atoms with Crippen LogP contribution in [0.5, 0.6) is 0 Å². The van der Waals surface area contributed by atoms with Crippen LogP contribution in [0.15, 0.2) is 12.1 Å². The molecule has 0 fully saturated rings. The van der Waals surface area contributed by atoms with Gasteiger partial charge in [-0.2, -0.15) is 0 Å². The Morgan fingerprint density at radius 1 is 1.33 bits per heavy atom. The molecule has 0 spiro atoms. The maximum atomic E-state index is 3.18. The number of nitrogens with one attached hydrogen (secondary N) is 1. The highest BCUT2D eigenvalue weighted by atomic mass is 32.1. The van der Waals surface area contributed by atoms with Crippen molar-refractivity contribution < 1.29 is 0 Å². The summed E-state index contributed by atoms with van der Waals surface area (Å²) in [5.41, 5.74) is 0. The van der Waals surface area contributed by atoms with Crippen molar-refractivity contribution >= 4 is 11.3 Å².